The summed E-state index contributed by atoms with van der Waals surface area (Å²) >= 11 is 0. The van der Waals surface area contributed by atoms with E-state index in [-0.39, 0.29) is 29.3 Å². The number of benzene rings is 1. The zero-order chi connectivity index (χ0) is 17.7. The summed E-state index contributed by atoms with van der Waals surface area (Å²) in [4.78, 5) is 12.6. The second kappa shape index (κ2) is 9.52. The predicted molar refractivity (Wildman–Crippen MR) is 102 cm³/mol. The number of sulfonamides is 1. The Morgan fingerprint density at radius 3 is 2.36 bits per heavy atom. The molecule has 0 aliphatic carbocycles. The second-order valence-electron chi connectivity index (χ2n) is 6.16. The average Bonchev–Trinajstić information content (AvgIpc) is 2.58. The lowest BCUT2D eigenvalue weighted by atomic mass is 9.95. The fourth-order valence-electron chi connectivity index (χ4n) is 2.97. The third kappa shape index (κ3) is 5.17. The topological polar surface area (TPSA) is 78.5 Å². The van der Waals surface area contributed by atoms with Gasteiger partial charge in [0.2, 0.25) is 10.0 Å². The molecule has 1 fully saturated rings. The fraction of sp³-hybridized carbons (Fsp3) is 0.588. The van der Waals surface area contributed by atoms with Crippen LogP contribution in [-0.2, 0) is 10.0 Å². The molecule has 2 atom stereocenters. The number of carbonyl (C=O) groups is 1. The highest BCUT2D eigenvalue weighted by atomic mass is 35.5. The van der Waals surface area contributed by atoms with Gasteiger partial charge in [-0.05, 0) is 49.7 Å². The van der Waals surface area contributed by atoms with Crippen LogP contribution in [0.4, 0.5) is 0 Å². The highest BCUT2D eigenvalue weighted by Crippen LogP contribution is 2.17. The minimum atomic E-state index is -3.49. The van der Waals surface area contributed by atoms with E-state index in [4.69, 9.17) is 0 Å². The minimum Gasteiger partial charge on any atom is -0.349 e. The van der Waals surface area contributed by atoms with Crippen LogP contribution < -0.4 is 10.6 Å². The summed E-state index contributed by atoms with van der Waals surface area (Å²) in [5, 5.41) is 6.35. The van der Waals surface area contributed by atoms with Crippen LogP contribution in [0, 0.1) is 5.92 Å². The van der Waals surface area contributed by atoms with E-state index >= 15 is 0 Å². The molecule has 1 saturated heterocycles. The second-order valence-corrected chi connectivity index (χ2v) is 8.10. The molecule has 0 radical (unpaired) electrons. The minimum absolute atomic E-state index is 0. The van der Waals surface area contributed by atoms with Gasteiger partial charge in [0, 0.05) is 24.7 Å². The lowest BCUT2D eigenvalue weighted by Crippen LogP contribution is -2.48. The first-order valence-corrected chi connectivity index (χ1v) is 9.96. The normalized spacial score (nSPS) is 20.8. The summed E-state index contributed by atoms with van der Waals surface area (Å²) in [5.41, 5.74) is 0.485. The molecule has 0 saturated carbocycles. The lowest BCUT2D eigenvalue weighted by Gasteiger charge is -2.30. The third-order valence-electron chi connectivity index (χ3n) is 4.56. The van der Waals surface area contributed by atoms with Crippen LogP contribution in [0.15, 0.2) is 29.2 Å². The van der Waals surface area contributed by atoms with E-state index in [2.05, 4.69) is 17.6 Å². The Labute approximate surface area is 156 Å². The Hall–Kier alpha value is -1.15. The Bertz CT molecular complexity index is 660. The van der Waals surface area contributed by atoms with Crippen molar-refractivity contribution >= 4 is 28.3 Å². The number of nitrogens with zero attached hydrogens (tertiary/aromatic N) is 1. The van der Waals surface area contributed by atoms with Crippen molar-refractivity contribution in [3.05, 3.63) is 29.8 Å². The Morgan fingerprint density at radius 1 is 1.24 bits per heavy atom. The maximum atomic E-state index is 12.5. The largest absolute Gasteiger partial charge is 0.349 e. The maximum absolute atomic E-state index is 12.5. The molecular weight excluding hydrogens is 362 g/mol. The number of hydrogen-bond donors (Lipinski definition) is 2. The molecule has 142 valence electrons. The summed E-state index contributed by atoms with van der Waals surface area (Å²) in [6, 6.07) is 6.33. The molecule has 0 spiro atoms. The molecule has 1 aliphatic rings. The van der Waals surface area contributed by atoms with Crippen LogP contribution in [0.5, 0.6) is 0 Å². The van der Waals surface area contributed by atoms with Gasteiger partial charge < -0.3 is 10.6 Å². The SMILES string of the molecule is CCN(CC)S(=O)(=O)c1ccc(C(=O)NC2CCNCC2C)cc1.Cl. The van der Waals surface area contributed by atoms with Gasteiger partial charge in [-0.3, -0.25) is 4.79 Å². The van der Waals surface area contributed by atoms with Crippen LogP contribution in [0.1, 0.15) is 37.6 Å². The van der Waals surface area contributed by atoms with Crippen molar-refractivity contribution in [3.63, 3.8) is 0 Å². The van der Waals surface area contributed by atoms with E-state index in [0.717, 1.165) is 19.5 Å². The van der Waals surface area contributed by atoms with Gasteiger partial charge in [-0.25, -0.2) is 8.42 Å². The Kier molecular flexibility index (Phi) is 8.34. The molecule has 1 amide bonds. The molecular formula is C17H28ClN3O3S. The number of amides is 1. The van der Waals surface area contributed by atoms with Gasteiger partial charge in [-0.2, -0.15) is 4.31 Å². The van der Waals surface area contributed by atoms with Crippen LogP contribution in [-0.4, -0.2) is 50.9 Å². The molecule has 2 rings (SSSR count). The lowest BCUT2D eigenvalue weighted by molar-refractivity contribution is 0.0914. The number of carbonyl (C=O) groups excluding carboxylic acids is 1. The van der Waals surface area contributed by atoms with Gasteiger partial charge in [0.15, 0.2) is 0 Å². The highest BCUT2D eigenvalue weighted by Gasteiger charge is 2.24. The quantitative estimate of drug-likeness (QED) is 0.778. The Balaban J connectivity index is 0.00000312. The van der Waals surface area contributed by atoms with E-state index < -0.39 is 10.0 Å². The molecule has 25 heavy (non-hydrogen) atoms. The first kappa shape index (κ1) is 21.9. The molecule has 1 heterocycles. The molecule has 1 aliphatic heterocycles. The molecule has 8 heteroatoms. The standard InChI is InChI=1S/C17H27N3O3S.ClH/c1-4-20(5-2)24(22,23)15-8-6-14(7-9-15)17(21)19-16-10-11-18-12-13(16)3;/h6-9,13,16,18H,4-5,10-12H2,1-3H3,(H,19,21);1H. The van der Waals surface area contributed by atoms with Gasteiger partial charge in [0.05, 0.1) is 4.90 Å². The molecule has 0 aromatic heterocycles. The third-order valence-corrected chi connectivity index (χ3v) is 6.63. The first-order chi connectivity index (χ1) is 11.4. The predicted octanol–water partition coefficient (Wildman–Crippen LogP) is 1.87. The molecule has 0 bridgehead atoms. The van der Waals surface area contributed by atoms with Crippen molar-refractivity contribution in [1.29, 1.82) is 0 Å². The molecule has 2 N–H and O–H groups in total. The van der Waals surface area contributed by atoms with Gasteiger partial charge >= 0.3 is 0 Å². The van der Waals surface area contributed by atoms with Crippen molar-refractivity contribution in [2.75, 3.05) is 26.2 Å². The van der Waals surface area contributed by atoms with Crippen LogP contribution in [0.2, 0.25) is 0 Å². The van der Waals surface area contributed by atoms with Gasteiger partial charge in [0.1, 0.15) is 0 Å². The van der Waals surface area contributed by atoms with Gasteiger partial charge in [-0.15, -0.1) is 12.4 Å². The van der Waals surface area contributed by atoms with Gasteiger partial charge in [0.25, 0.3) is 5.91 Å². The zero-order valence-corrected chi connectivity index (χ0v) is 16.6. The van der Waals surface area contributed by atoms with E-state index in [0.29, 0.717) is 24.6 Å². The summed E-state index contributed by atoms with van der Waals surface area (Å²) in [6.07, 6.45) is 0.904. The molecule has 1 aromatic rings. The number of halogens is 1. The van der Waals surface area contributed by atoms with Crippen molar-refractivity contribution < 1.29 is 13.2 Å². The summed E-state index contributed by atoms with van der Waals surface area (Å²) in [6.45, 7) is 8.37. The number of piperidine rings is 1. The molecule has 2 unspecified atom stereocenters. The van der Waals surface area contributed by atoms with Gasteiger partial charge in [-0.1, -0.05) is 20.8 Å². The van der Waals surface area contributed by atoms with Crippen molar-refractivity contribution in [1.82, 2.24) is 14.9 Å². The van der Waals surface area contributed by atoms with Crippen molar-refractivity contribution in [2.45, 2.75) is 38.1 Å². The van der Waals surface area contributed by atoms with Crippen LogP contribution in [0.25, 0.3) is 0 Å². The van der Waals surface area contributed by atoms with E-state index in [9.17, 15) is 13.2 Å². The van der Waals surface area contributed by atoms with Crippen molar-refractivity contribution in [3.8, 4) is 0 Å². The zero-order valence-electron chi connectivity index (χ0n) is 15.0. The summed E-state index contributed by atoms with van der Waals surface area (Å²) in [7, 11) is -3.49. The monoisotopic (exact) mass is 389 g/mol. The summed E-state index contributed by atoms with van der Waals surface area (Å²) in [5.74, 6) is 0.227. The number of rotatable bonds is 6. The number of nitrogens with one attached hydrogen (secondary N) is 2. The fourth-order valence-corrected chi connectivity index (χ4v) is 4.43. The van der Waals surface area contributed by atoms with Crippen LogP contribution >= 0.6 is 12.4 Å². The number of hydrogen-bond acceptors (Lipinski definition) is 4. The van der Waals surface area contributed by atoms with E-state index in [1.165, 1.54) is 16.4 Å². The maximum Gasteiger partial charge on any atom is 0.251 e. The first-order valence-electron chi connectivity index (χ1n) is 8.52. The summed E-state index contributed by atoms with van der Waals surface area (Å²) < 4.78 is 26.3. The Morgan fingerprint density at radius 2 is 1.84 bits per heavy atom. The molecule has 1 aromatic carbocycles. The molecule has 6 nitrogen and oxygen atoms in total. The highest BCUT2D eigenvalue weighted by molar-refractivity contribution is 7.89. The van der Waals surface area contributed by atoms with E-state index in [1.54, 1.807) is 12.1 Å². The average molecular weight is 390 g/mol. The van der Waals surface area contributed by atoms with Crippen LogP contribution in [0.3, 0.4) is 0 Å². The van der Waals surface area contributed by atoms with E-state index in [1.807, 2.05) is 13.8 Å². The smallest absolute Gasteiger partial charge is 0.251 e. The van der Waals surface area contributed by atoms with Crippen molar-refractivity contribution in [2.24, 2.45) is 5.92 Å².